The predicted molar refractivity (Wildman–Crippen MR) is 69.4 cm³/mol. The van der Waals surface area contributed by atoms with Gasteiger partial charge in [-0.3, -0.25) is 0 Å². The van der Waals surface area contributed by atoms with Crippen LogP contribution >= 0.6 is 0 Å². The lowest BCUT2D eigenvalue weighted by molar-refractivity contribution is 0.200. The second-order valence-corrected chi connectivity index (χ2v) is 3.83. The molecule has 5 heteroatoms. The number of ether oxygens (including phenoxy) is 1. The zero-order chi connectivity index (χ0) is 12.5. The molecule has 17 heavy (non-hydrogen) atoms. The molecule has 1 aromatic heterocycles. The highest BCUT2D eigenvalue weighted by molar-refractivity contribution is 5.35. The topological polar surface area (TPSA) is 59.1 Å². The number of anilines is 1. The summed E-state index contributed by atoms with van der Waals surface area (Å²) in [5, 5.41) is 6.55. The number of aromatic nitrogens is 2. The molecule has 1 rings (SSSR count). The van der Waals surface area contributed by atoms with E-state index in [9.17, 15) is 0 Å². The first-order chi connectivity index (χ1) is 8.26. The number of hydrogen-bond donors (Lipinski definition) is 2. The van der Waals surface area contributed by atoms with Gasteiger partial charge in [0, 0.05) is 44.9 Å². The van der Waals surface area contributed by atoms with Gasteiger partial charge in [-0.05, 0) is 6.92 Å². The Morgan fingerprint density at radius 3 is 2.76 bits per heavy atom. The van der Waals surface area contributed by atoms with Crippen molar-refractivity contribution >= 4 is 5.82 Å². The first kappa shape index (κ1) is 13.9. The van der Waals surface area contributed by atoms with Crippen LogP contribution in [0.1, 0.15) is 18.4 Å². The van der Waals surface area contributed by atoms with Crippen LogP contribution in [0.25, 0.3) is 0 Å². The second kappa shape index (κ2) is 7.97. The second-order valence-electron chi connectivity index (χ2n) is 3.83. The standard InChI is InChI=1S/C12H22N4O/c1-4-11-15-10(2)9-12(16-11)14-6-5-13-7-8-17-3/h9,13H,4-8H2,1-3H3,(H,14,15,16). The quantitative estimate of drug-likeness (QED) is 0.662. The van der Waals surface area contributed by atoms with Crippen molar-refractivity contribution in [3.8, 4) is 0 Å². The largest absolute Gasteiger partial charge is 0.383 e. The number of methoxy groups -OCH3 is 1. The van der Waals surface area contributed by atoms with Crippen LogP contribution < -0.4 is 10.6 Å². The molecule has 0 aliphatic rings. The average Bonchev–Trinajstić information content (AvgIpc) is 2.33. The molecule has 0 amide bonds. The maximum atomic E-state index is 4.95. The van der Waals surface area contributed by atoms with Gasteiger partial charge in [0.25, 0.3) is 0 Å². The minimum Gasteiger partial charge on any atom is -0.383 e. The van der Waals surface area contributed by atoms with Crippen molar-refractivity contribution < 1.29 is 4.74 Å². The third-order valence-electron chi connectivity index (χ3n) is 2.31. The lowest BCUT2D eigenvalue weighted by Crippen LogP contribution is -2.25. The third kappa shape index (κ3) is 5.60. The molecule has 0 aliphatic heterocycles. The highest BCUT2D eigenvalue weighted by atomic mass is 16.5. The Morgan fingerprint density at radius 1 is 1.24 bits per heavy atom. The summed E-state index contributed by atoms with van der Waals surface area (Å²) < 4.78 is 4.95. The molecule has 2 N–H and O–H groups in total. The lowest BCUT2D eigenvalue weighted by atomic mass is 10.3. The van der Waals surface area contributed by atoms with Crippen molar-refractivity contribution in [2.24, 2.45) is 0 Å². The van der Waals surface area contributed by atoms with E-state index in [2.05, 4.69) is 27.5 Å². The lowest BCUT2D eigenvalue weighted by Gasteiger charge is -2.08. The van der Waals surface area contributed by atoms with Gasteiger partial charge >= 0.3 is 0 Å². The molecule has 0 spiro atoms. The van der Waals surface area contributed by atoms with E-state index < -0.39 is 0 Å². The summed E-state index contributed by atoms with van der Waals surface area (Å²) in [5.74, 6) is 1.79. The Hall–Kier alpha value is -1.20. The van der Waals surface area contributed by atoms with Gasteiger partial charge < -0.3 is 15.4 Å². The van der Waals surface area contributed by atoms with Gasteiger partial charge in [-0.15, -0.1) is 0 Å². The SMILES string of the molecule is CCc1nc(C)cc(NCCNCCOC)n1. The Bertz CT molecular complexity index is 330. The van der Waals surface area contributed by atoms with E-state index in [1.165, 1.54) is 0 Å². The summed E-state index contributed by atoms with van der Waals surface area (Å²) in [4.78, 5) is 8.75. The Balaban J connectivity index is 2.28. The fourth-order valence-corrected chi connectivity index (χ4v) is 1.46. The Kier molecular flexibility index (Phi) is 6.50. The molecule has 0 bridgehead atoms. The number of rotatable bonds is 8. The van der Waals surface area contributed by atoms with Crippen LogP contribution in [0.15, 0.2) is 6.07 Å². The Morgan fingerprint density at radius 2 is 2.06 bits per heavy atom. The summed E-state index contributed by atoms with van der Waals surface area (Å²) in [6.45, 7) is 7.42. The van der Waals surface area contributed by atoms with Gasteiger partial charge in [0.2, 0.25) is 0 Å². The summed E-state index contributed by atoms with van der Waals surface area (Å²) in [5.41, 5.74) is 1.01. The van der Waals surface area contributed by atoms with E-state index in [1.807, 2.05) is 13.0 Å². The van der Waals surface area contributed by atoms with Gasteiger partial charge in [-0.25, -0.2) is 9.97 Å². The smallest absolute Gasteiger partial charge is 0.130 e. The summed E-state index contributed by atoms with van der Waals surface area (Å²) >= 11 is 0. The van der Waals surface area contributed by atoms with Gasteiger partial charge in [-0.1, -0.05) is 6.92 Å². The molecule has 96 valence electrons. The third-order valence-corrected chi connectivity index (χ3v) is 2.31. The highest BCUT2D eigenvalue weighted by Crippen LogP contribution is 2.05. The zero-order valence-corrected chi connectivity index (χ0v) is 10.9. The van der Waals surface area contributed by atoms with E-state index in [4.69, 9.17) is 4.74 Å². The van der Waals surface area contributed by atoms with Crippen molar-refractivity contribution in [1.82, 2.24) is 15.3 Å². The number of aryl methyl sites for hydroxylation is 2. The first-order valence-corrected chi connectivity index (χ1v) is 6.04. The molecule has 0 aliphatic carbocycles. The van der Waals surface area contributed by atoms with Crippen LogP contribution in [0.2, 0.25) is 0 Å². The average molecular weight is 238 g/mol. The van der Waals surface area contributed by atoms with Crippen LogP contribution in [0.4, 0.5) is 5.82 Å². The van der Waals surface area contributed by atoms with Gasteiger partial charge in [0.1, 0.15) is 11.6 Å². The monoisotopic (exact) mass is 238 g/mol. The van der Waals surface area contributed by atoms with Crippen molar-refractivity contribution in [3.63, 3.8) is 0 Å². The molecule has 0 radical (unpaired) electrons. The first-order valence-electron chi connectivity index (χ1n) is 6.04. The van der Waals surface area contributed by atoms with Crippen molar-refractivity contribution in [3.05, 3.63) is 17.6 Å². The van der Waals surface area contributed by atoms with E-state index in [-0.39, 0.29) is 0 Å². The fourth-order valence-electron chi connectivity index (χ4n) is 1.46. The Labute approximate surface area is 103 Å². The molecule has 5 nitrogen and oxygen atoms in total. The number of nitrogens with zero attached hydrogens (tertiary/aromatic N) is 2. The van der Waals surface area contributed by atoms with Crippen LogP contribution in [0, 0.1) is 6.92 Å². The summed E-state index contributed by atoms with van der Waals surface area (Å²) in [6, 6.07) is 1.97. The van der Waals surface area contributed by atoms with E-state index in [0.29, 0.717) is 0 Å². The molecule has 0 saturated carbocycles. The van der Waals surface area contributed by atoms with E-state index >= 15 is 0 Å². The fraction of sp³-hybridized carbons (Fsp3) is 0.667. The molecule has 0 saturated heterocycles. The highest BCUT2D eigenvalue weighted by Gasteiger charge is 1.99. The van der Waals surface area contributed by atoms with Crippen LogP contribution in [-0.2, 0) is 11.2 Å². The molecule has 0 unspecified atom stereocenters. The molecule has 1 aromatic rings. The summed E-state index contributed by atoms with van der Waals surface area (Å²) in [6.07, 6.45) is 0.864. The maximum Gasteiger partial charge on any atom is 0.130 e. The van der Waals surface area contributed by atoms with Gasteiger partial charge in [0.05, 0.1) is 6.61 Å². The number of hydrogen-bond acceptors (Lipinski definition) is 5. The van der Waals surface area contributed by atoms with Crippen LogP contribution in [-0.4, -0.2) is 43.3 Å². The zero-order valence-electron chi connectivity index (χ0n) is 10.9. The van der Waals surface area contributed by atoms with Gasteiger partial charge in [-0.2, -0.15) is 0 Å². The van der Waals surface area contributed by atoms with Crippen molar-refractivity contribution in [2.45, 2.75) is 20.3 Å². The molecule has 0 fully saturated rings. The normalized spacial score (nSPS) is 10.5. The molecule has 0 atom stereocenters. The maximum absolute atomic E-state index is 4.95. The van der Waals surface area contributed by atoms with Gasteiger partial charge in [0.15, 0.2) is 0 Å². The molecule has 0 aromatic carbocycles. The van der Waals surface area contributed by atoms with Crippen molar-refractivity contribution in [1.29, 1.82) is 0 Å². The van der Waals surface area contributed by atoms with E-state index in [0.717, 1.165) is 50.0 Å². The van der Waals surface area contributed by atoms with Crippen molar-refractivity contribution in [2.75, 3.05) is 38.7 Å². The molecular weight excluding hydrogens is 216 g/mol. The van der Waals surface area contributed by atoms with E-state index in [1.54, 1.807) is 7.11 Å². The minimum atomic E-state index is 0.743. The predicted octanol–water partition coefficient (Wildman–Crippen LogP) is 0.995. The minimum absolute atomic E-state index is 0.743. The van der Waals surface area contributed by atoms with Crippen LogP contribution in [0.5, 0.6) is 0 Å². The number of nitrogens with one attached hydrogen (secondary N) is 2. The summed E-state index contributed by atoms with van der Waals surface area (Å²) in [7, 11) is 1.70. The molecular formula is C12H22N4O. The van der Waals surface area contributed by atoms with Crippen LogP contribution in [0.3, 0.4) is 0 Å². The molecule has 1 heterocycles.